The number of ether oxygens (including phenoxy) is 2. The number of aromatic nitrogens is 2. The lowest BCUT2D eigenvalue weighted by atomic mass is 10.1. The molecule has 0 fully saturated rings. The van der Waals surface area contributed by atoms with Gasteiger partial charge in [-0.3, -0.25) is 4.79 Å². The minimum Gasteiger partial charge on any atom is -0.496 e. The monoisotopic (exact) mass is 258 g/mol. The smallest absolute Gasteiger partial charge is 0.237 e. The normalized spacial score (nSPS) is 10.1. The standard InChI is InChI=1S/C14H14N2O3/c1-9-7-15-14(16-8-9)13(17)12-10(18-2)5-4-6-11(12)19-3/h4-8H,1-3H3. The first kappa shape index (κ1) is 13.0. The van der Waals surface area contributed by atoms with Crippen molar-refractivity contribution < 1.29 is 14.3 Å². The Kier molecular flexibility index (Phi) is 3.75. The molecule has 0 bridgehead atoms. The van der Waals surface area contributed by atoms with Gasteiger partial charge in [0.15, 0.2) is 0 Å². The van der Waals surface area contributed by atoms with Crippen LogP contribution in [0.3, 0.4) is 0 Å². The third-order valence-electron chi connectivity index (χ3n) is 2.64. The van der Waals surface area contributed by atoms with Crippen LogP contribution in [0.2, 0.25) is 0 Å². The van der Waals surface area contributed by atoms with E-state index in [9.17, 15) is 4.79 Å². The van der Waals surface area contributed by atoms with Crippen LogP contribution in [-0.4, -0.2) is 30.0 Å². The lowest BCUT2D eigenvalue weighted by molar-refractivity contribution is 0.102. The van der Waals surface area contributed by atoms with Crippen molar-refractivity contribution in [1.29, 1.82) is 0 Å². The number of benzene rings is 1. The van der Waals surface area contributed by atoms with Crippen LogP contribution < -0.4 is 9.47 Å². The molecule has 0 radical (unpaired) electrons. The van der Waals surface area contributed by atoms with Crippen LogP contribution in [-0.2, 0) is 0 Å². The molecule has 0 amide bonds. The van der Waals surface area contributed by atoms with Gasteiger partial charge in [-0.1, -0.05) is 6.07 Å². The molecule has 5 nitrogen and oxygen atoms in total. The van der Waals surface area contributed by atoms with E-state index in [0.29, 0.717) is 17.1 Å². The topological polar surface area (TPSA) is 61.3 Å². The summed E-state index contributed by atoms with van der Waals surface area (Å²) in [5, 5.41) is 0. The van der Waals surface area contributed by atoms with Gasteiger partial charge < -0.3 is 9.47 Å². The molecule has 98 valence electrons. The minimum atomic E-state index is -0.325. The Labute approximate surface area is 111 Å². The average Bonchev–Trinajstić information content (AvgIpc) is 2.46. The Bertz CT molecular complexity index is 572. The summed E-state index contributed by atoms with van der Waals surface area (Å²) in [6, 6.07) is 5.15. The molecule has 0 unspecified atom stereocenters. The lowest BCUT2D eigenvalue weighted by Gasteiger charge is -2.11. The Morgan fingerprint density at radius 3 is 2.05 bits per heavy atom. The van der Waals surface area contributed by atoms with Crippen molar-refractivity contribution in [2.24, 2.45) is 0 Å². The number of methoxy groups -OCH3 is 2. The molecule has 0 aliphatic carbocycles. The van der Waals surface area contributed by atoms with Gasteiger partial charge in [0.25, 0.3) is 0 Å². The molecule has 2 aromatic rings. The van der Waals surface area contributed by atoms with Gasteiger partial charge in [-0.05, 0) is 24.6 Å². The summed E-state index contributed by atoms with van der Waals surface area (Å²) in [6.45, 7) is 1.86. The number of rotatable bonds is 4. The maximum atomic E-state index is 12.4. The fourth-order valence-electron chi connectivity index (χ4n) is 1.70. The van der Waals surface area contributed by atoms with Crippen LogP contribution in [0.4, 0.5) is 0 Å². The Balaban J connectivity index is 2.51. The van der Waals surface area contributed by atoms with Crippen LogP contribution in [0.5, 0.6) is 11.5 Å². The average molecular weight is 258 g/mol. The molecule has 1 aromatic heterocycles. The van der Waals surface area contributed by atoms with Gasteiger partial charge in [0.1, 0.15) is 17.1 Å². The van der Waals surface area contributed by atoms with Crippen LogP contribution in [0, 0.1) is 6.92 Å². The summed E-state index contributed by atoms with van der Waals surface area (Å²) in [5.74, 6) is 0.671. The number of hydrogen-bond donors (Lipinski definition) is 0. The van der Waals surface area contributed by atoms with E-state index in [4.69, 9.17) is 9.47 Å². The summed E-state index contributed by atoms with van der Waals surface area (Å²) >= 11 is 0. The first-order valence-electron chi connectivity index (χ1n) is 5.71. The zero-order chi connectivity index (χ0) is 13.8. The molecule has 0 saturated heterocycles. The second-order valence-electron chi connectivity index (χ2n) is 3.95. The van der Waals surface area contributed by atoms with E-state index in [2.05, 4.69) is 9.97 Å². The molecule has 5 heteroatoms. The van der Waals surface area contributed by atoms with Crippen molar-refractivity contribution in [2.45, 2.75) is 6.92 Å². The zero-order valence-corrected chi connectivity index (χ0v) is 11.0. The van der Waals surface area contributed by atoms with Crippen LogP contribution >= 0.6 is 0 Å². The largest absolute Gasteiger partial charge is 0.496 e. The van der Waals surface area contributed by atoms with Crippen molar-refractivity contribution in [3.8, 4) is 11.5 Å². The Morgan fingerprint density at radius 1 is 1.05 bits per heavy atom. The molecule has 0 spiro atoms. The SMILES string of the molecule is COc1cccc(OC)c1C(=O)c1ncc(C)cn1. The molecule has 1 aromatic carbocycles. The van der Waals surface area contributed by atoms with Gasteiger partial charge in [0, 0.05) is 12.4 Å². The molecule has 19 heavy (non-hydrogen) atoms. The van der Waals surface area contributed by atoms with Crippen molar-refractivity contribution in [3.05, 3.63) is 47.5 Å². The summed E-state index contributed by atoms with van der Waals surface area (Å²) in [5.41, 5.74) is 1.22. The maximum absolute atomic E-state index is 12.4. The second-order valence-corrected chi connectivity index (χ2v) is 3.95. The van der Waals surface area contributed by atoms with Crippen molar-refractivity contribution in [2.75, 3.05) is 14.2 Å². The van der Waals surface area contributed by atoms with E-state index in [1.54, 1.807) is 30.6 Å². The van der Waals surface area contributed by atoms with E-state index in [0.717, 1.165) is 5.56 Å². The Morgan fingerprint density at radius 2 is 1.58 bits per heavy atom. The highest BCUT2D eigenvalue weighted by Crippen LogP contribution is 2.29. The van der Waals surface area contributed by atoms with Crippen LogP contribution in [0.25, 0.3) is 0 Å². The number of carbonyl (C=O) groups excluding carboxylic acids is 1. The van der Waals surface area contributed by atoms with Gasteiger partial charge in [-0.15, -0.1) is 0 Å². The first-order valence-corrected chi connectivity index (χ1v) is 5.71. The van der Waals surface area contributed by atoms with E-state index in [-0.39, 0.29) is 11.6 Å². The highest BCUT2D eigenvalue weighted by molar-refractivity contribution is 6.10. The fraction of sp³-hybridized carbons (Fsp3) is 0.214. The Hall–Kier alpha value is -2.43. The zero-order valence-electron chi connectivity index (χ0n) is 11.0. The third kappa shape index (κ3) is 2.54. The molecular weight excluding hydrogens is 244 g/mol. The molecule has 0 atom stereocenters. The summed E-state index contributed by atoms with van der Waals surface area (Å²) in [4.78, 5) is 20.5. The molecule has 0 saturated carbocycles. The lowest BCUT2D eigenvalue weighted by Crippen LogP contribution is -2.10. The summed E-state index contributed by atoms with van der Waals surface area (Å²) in [6.07, 6.45) is 3.20. The fourth-order valence-corrected chi connectivity index (χ4v) is 1.70. The summed E-state index contributed by atoms with van der Waals surface area (Å²) < 4.78 is 10.4. The van der Waals surface area contributed by atoms with Gasteiger partial charge >= 0.3 is 0 Å². The highest BCUT2D eigenvalue weighted by Gasteiger charge is 2.21. The van der Waals surface area contributed by atoms with Crippen molar-refractivity contribution >= 4 is 5.78 Å². The van der Waals surface area contributed by atoms with Crippen LogP contribution in [0.1, 0.15) is 21.7 Å². The van der Waals surface area contributed by atoms with Gasteiger partial charge in [0.2, 0.25) is 11.6 Å². The molecule has 0 aliphatic heterocycles. The maximum Gasteiger partial charge on any atom is 0.237 e. The summed E-state index contributed by atoms with van der Waals surface area (Å²) in [7, 11) is 3.00. The number of hydrogen-bond acceptors (Lipinski definition) is 5. The molecule has 2 rings (SSSR count). The van der Waals surface area contributed by atoms with E-state index in [1.807, 2.05) is 6.92 Å². The first-order chi connectivity index (χ1) is 9.17. The molecular formula is C14H14N2O3. The van der Waals surface area contributed by atoms with Crippen LogP contribution in [0.15, 0.2) is 30.6 Å². The van der Waals surface area contributed by atoms with Crippen molar-refractivity contribution in [3.63, 3.8) is 0 Å². The number of carbonyl (C=O) groups is 1. The van der Waals surface area contributed by atoms with Crippen molar-refractivity contribution in [1.82, 2.24) is 9.97 Å². The predicted octanol–water partition coefficient (Wildman–Crippen LogP) is 2.03. The minimum absolute atomic E-state index is 0.119. The number of aryl methyl sites for hydroxylation is 1. The number of nitrogens with zero attached hydrogens (tertiary/aromatic N) is 2. The number of ketones is 1. The van der Waals surface area contributed by atoms with Gasteiger partial charge in [-0.25, -0.2) is 9.97 Å². The van der Waals surface area contributed by atoms with Gasteiger partial charge in [0.05, 0.1) is 14.2 Å². The molecule has 0 N–H and O–H groups in total. The second kappa shape index (κ2) is 5.48. The van der Waals surface area contributed by atoms with Gasteiger partial charge in [-0.2, -0.15) is 0 Å². The molecule has 0 aliphatic rings. The third-order valence-corrected chi connectivity index (χ3v) is 2.64. The highest BCUT2D eigenvalue weighted by atomic mass is 16.5. The van der Waals surface area contributed by atoms with E-state index in [1.165, 1.54) is 14.2 Å². The quantitative estimate of drug-likeness (QED) is 0.785. The molecule has 1 heterocycles. The van der Waals surface area contributed by atoms with E-state index < -0.39 is 0 Å². The van der Waals surface area contributed by atoms with E-state index >= 15 is 0 Å². The predicted molar refractivity (Wildman–Crippen MR) is 69.7 cm³/mol.